The molecule has 1 heterocycles. The predicted molar refractivity (Wildman–Crippen MR) is 74.2 cm³/mol. The number of halogens is 1. The van der Waals surface area contributed by atoms with Crippen LogP contribution in [0.3, 0.4) is 0 Å². The van der Waals surface area contributed by atoms with E-state index in [9.17, 15) is 19.7 Å². The fourth-order valence-corrected chi connectivity index (χ4v) is 1.81. The van der Waals surface area contributed by atoms with Crippen LogP contribution < -0.4 is 5.32 Å². The third kappa shape index (κ3) is 4.38. The summed E-state index contributed by atoms with van der Waals surface area (Å²) in [7, 11) is 0. The van der Waals surface area contributed by atoms with Crippen molar-refractivity contribution >= 4 is 29.2 Å². The highest BCUT2D eigenvalue weighted by atomic mass is 35.5. The first-order valence-corrected chi connectivity index (χ1v) is 6.42. The van der Waals surface area contributed by atoms with E-state index < -0.39 is 28.4 Å². The molecule has 0 saturated heterocycles. The van der Waals surface area contributed by atoms with Crippen LogP contribution in [0.5, 0.6) is 0 Å². The lowest BCUT2D eigenvalue weighted by molar-refractivity contribution is -0.385. The molecular weight excluding hydrogens is 302 g/mol. The molecule has 1 rings (SSSR count). The number of hydrogen-bond donors (Lipinski definition) is 2. The van der Waals surface area contributed by atoms with Gasteiger partial charge in [0, 0.05) is 6.54 Å². The lowest BCUT2D eigenvalue weighted by Gasteiger charge is -2.16. The van der Waals surface area contributed by atoms with E-state index >= 15 is 0 Å². The highest BCUT2D eigenvalue weighted by molar-refractivity contribution is 6.29. The minimum absolute atomic E-state index is 0.0654. The molecule has 2 N–H and O–H groups in total. The van der Waals surface area contributed by atoms with E-state index in [2.05, 4.69) is 10.3 Å². The van der Waals surface area contributed by atoms with Gasteiger partial charge < -0.3 is 10.4 Å². The van der Waals surface area contributed by atoms with Gasteiger partial charge in [-0.3, -0.25) is 19.7 Å². The van der Waals surface area contributed by atoms with E-state index in [-0.39, 0.29) is 23.2 Å². The van der Waals surface area contributed by atoms with Crippen LogP contribution in [0.15, 0.2) is 12.3 Å². The molecule has 0 saturated carbocycles. The van der Waals surface area contributed by atoms with Crippen LogP contribution in [-0.4, -0.2) is 33.4 Å². The van der Waals surface area contributed by atoms with Gasteiger partial charge in [0.1, 0.15) is 16.9 Å². The molecule has 0 aromatic carbocycles. The maximum absolute atomic E-state index is 12.0. The van der Waals surface area contributed by atoms with Crippen molar-refractivity contribution in [2.45, 2.75) is 13.8 Å². The molecule has 21 heavy (non-hydrogen) atoms. The molecule has 1 atom stereocenters. The lowest BCUT2D eigenvalue weighted by atomic mass is 9.96. The summed E-state index contributed by atoms with van der Waals surface area (Å²) in [5.41, 5.74) is -0.749. The fourth-order valence-electron chi connectivity index (χ4n) is 1.66. The number of carbonyl (C=O) groups excluding carboxylic acids is 1. The molecule has 9 heteroatoms. The van der Waals surface area contributed by atoms with E-state index in [0.29, 0.717) is 0 Å². The first-order valence-electron chi connectivity index (χ1n) is 6.05. The average molecular weight is 316 g/mol. The zero-order chi connectivity index (χ0) is 16.2. The van der Waals surface area contributed by atoms with Crippen molar-refractivity contribution < 1.29 is 19.6 Å². The number of nitro groups is 1. The van der Waals surface area contributed by atoms with Gasteiger partial charge in [-0.15, -0.1) is 0 Å². The lowest BCUT2D eigenvalue weighted by Crippen LogP contribution is -2.35. The van der Waals surface area contributed by atoms with Crippen LogP contribution in [-0.2, 0) is 4.79 Å². The SMILES string of the molecule is CC(C)C(CNC(=O)c1cc(Cl)ncc1[N+](=O)[O-])C(=O)O. The number of aromatic nitrogens is 1. The third-order valence-electron chi connectivity index (χ3n) is 2.90. The number of aliphatic carboxylic acids is 1. The number of rotatable bonds is 6. The highest BCUT2D eigenvalue weighted by Crippen LogP contribution is 2.20. The summed E-state index contributed by atoms with van der Waals surface area (Å²) >= 11 is 5.62. The van der Waals surface area contributed by atoms with Crippen molar-refractivity contribution in [3.8, 4) is 0 Å². The molecule has 0 fully saturated rings. The molecule has 114 valence electrons. The number of carbonyl (C=O) groups is 2. The minimum Gasteiger partial charge on any atom is -0.481 e. The summed E-state index contributed by atoms with van der Waals surface area (Å²) in [5, 5.41) is 22.2. The number of amides is 1. The zero-order valence-electron chi connectivity index (χ0n) is 11.4. The summed E-state index contributed by atoms with van der Waals surface area (Å²) < 4.78 is 0. The predicted octanol–water partition coefficient (Wildman–Crippen LogP) is 1.73. The molecule has 1 amide bonds. The van der Waals surface area contributed by atoms with Gasteiger partial charge in [-0.05, 0) is 12.0 Å². The Kier molecular flexibility index (Phi) is 5.60. The molecule has 0 bridgehead atoms. The molecule has 1 aromatic heterocycles. The Hall–Kier alpha value is -2.22. The largest absolute Gasteiger partial charge is 0.481 e. The van der Waals surface area contributed by atoms with Gasteiger partial charge in [0.05, 0.1) is 10.8 Å². The second kappa shape index (κ2) is 6.98. The number of hydrogen-bond acceptors (Lipinski definition) is 5. The van der Waals surface area contributed by atoms with Gasteiger partial charge in [0.2, 0.25) is 0 Å². The van der Waals surface area contributed by atoms with Crippen LogP contribution in [0.1, 0.15) is 24.2 Å². The molecule has 0 aliphatic heterocycles. The van der Waals surface area contributed by atoms with Crippen molar-refractivity contribution in [2.75, 3.05) is 6.54 Å². The molecule has 0 radical (unpaired) electrons. The van der Waals surface area contributed by atoms with E-state index in [4.69, 9.17) is 16.7 Å². The number of nitrogens with zero attached hydrogens (tertiary/aromatic N) is 2. The highest BCUT2D eigenvalue weighted by Gasteiger charge is 2.25. The molecule has 8 nitrogen and oxygen atoms in total. The first kappa shape index (κ1) is 16.8. The quantitative estimate of drug-likeness (QED) is 0.468. The third-order valence-corrected chi connectivity index (χ3v) is 3.10. The van der Waals surface area contributed by atoms with E-state index in [0.717, 1.165) is 12.3 Å². The van der Waals surface area contributed by atoms with Gasteiger partial charge in [0.25, 0.3) is 11.6 Å². The number of nitrogens with one attached hydrogen (secondary N) is 1. The standard InChI is InChI=1S/C12H14ClN3O5/c1-6(2)8(12(18)19)4-15-11(17)7-3-10(13)14-5-9(7)16(20)21/h3,5-6,8H,4H2,1-2H3,(H,15,17)(H,18,19). The van der Waals surface area contributed by atoms with E-state index in [1.54, 1.807) is 13.8 Å². The maximum Gasteiger partial charge on any atom is 0.308 e. The molecule has 1 unspecified atom stereocenters. The number of pyridine rings is 1. The molecule has 0 spiro atoms. The van der Waals surface area contributed by atoms with Crippen LogP contribution >= 0.6 is 11.6 Å². The number of carboxylic acids is 1. The van der Waals surface area contributed by atoms with Crippen molar-refractivity contribution in [3.05, 3.63) is 33.1 Å². The Morgan fingerprint density at radius 1 is 1.52 bits per heavy atom. The van der Waals surface area contributed by atoms with Gasteiger partial charge in [0.15, 0.2) is 0 Å². The normalized spacial score (nSPS) is 12.0. The Morgan fingerprint density at radius 2 is 2.14 bits per heavy atom. The van der Waals surface area contributed by atoms with E-state index in [1.165, 1.54) is 0 Å². The Bertz CT molecular complexity index is 576. The Balaban J connectivity index is 2.92. The maximum atomic E-state index is 12.0. The van der Waals surface area contributed by atoms with Crippen LogP contribution in [0, 0.1) is 22.0 Å². The zero-order valence-corrected chi connectivity index (χ0v) is 12.1. The van der Waals surface area contributed by atoms with Crippen molar-refractivity contribution in [2.24, 2.45) is 11.8 Å². The average Bonchev–Trinajstić information content (AvgIpc) is 2.37. The van der Waals surface area contributed by atoms with Gasteiger partial charge in [-0.25, -0.2) is 4.98 Å². The summed E-state index contributed by atoms with van der Waals surface area (Å²) in [4.78, 5) is 36.6. The van der Waals surface area contributed by atoms with Crippen LogP contribution in [0.2, 0.25) is 5.15 Å². The molecule has 1 aromatic rings. The second-order valence-electron chi connectivity index (χ2n) is 4.68. The minimum atomic E-state index is -1.05. The summed E-state index contributed by atoms with van der Waals surface area (Å²) in [6, 6.07) is 1.07. The number of carboxylic acid groups (broad SMARTS) is 1. The smallest absolute Gasteiger partial charge is 0.308 e. The van der Waals surface area contributed by atoms with Crippen molar-refractivity contribution in [1.82, 2.24) is 10.3 Å². The van der Waals surface area contributed by atoms with Gasteiger partial charge >= 0.3 is 5.97 Å². The van der Waals surface area contributed by atoms with Crippen molar-refractivity contribution in [3.63, 3.8) is 0 Å². The Labute approximate surface area is 125 Å². The van der Waals surface area contributed by atoms with Gasteiger partial charge in [-0.1, -0.05) is 25.4 Å². The molecule has 0 aliphatic rings. The Morgan fingerprint density at radius 3 is 2.62 bits per heavy atom. The van der Waals surface area contributed by atoms with Crippen molar-refractivity contribution in [1.29, 1.82) is 0 Å². The monoisotopic (exact) mass is 315 g/mol. The summed E-state index contributed by atoms with van der Waals surface area (Å²) in [6.45, 7) is 3.27. The van der Waals surface area contributed by atoms with Crippen LogP contribution in [0.25, 0.3) is 0 Å². The van der Waals surface area contributed by atoms with E-state index in [1.807, 2.05) is 0 Å². The topological polar surface area (TPSA) is 122 Å². The van der Waals surface area contributed by atoms with Crippen LogP contribution in [0.4, 0.5) is 5.69 Å². The molecular formula is C12H14ClN3O5. The fraction of sp³-hybridized carbons (Fsp3) is 0.417. The summed E-state index contributed by atoms with van der Waals surface area (Å²) in [6.07, 6.45) is 0.883. The molecule has 0 aliphatic carbocycles. The van der Waals surface area contributed by atoms with Gasteiger partial charge in [-0.2, -0.15) is 0 Å². The second-order valence-corrected chi connectivity index (χ2v) is 5.07. The summed E-state index contributed by atoms with van der Waals surface area (Å²) in [5.74, 6) is -2.80. The first-order chi connectivity index (χ1) is 9.73.